The van der Waals surface area contributed by atoms with Crippen LogP contribution in [0.4, 0.5) is 0 Å². The number of ether oxygens (including phenoxy) is 1. The molecule has 0 spiro atoms. The molecule has 0 radical (unpaired) electrons. The number of fused-ring (bicyclic) bond motifs is 1. The van der Waals surface area contributed by atoms with Crippen LogP contribution < -0.4 is 5.32 Å². The molecule has 9 nitrogen and oxygen atoms in total. The summed E-state index contributed by atoms with van der Waals surface area (Å²) in [5.74, 6) is -2.85. The number of nitrogens with one attached hydrogen (secondary N) is 1. The molecule has 0 saturated heterocycles. The minimum absolute atomic E-state index is 0.130. The molecule has 2 rings (SSSR count). The number of carbonyl (C=O) groups is 5. The van der Waals surface area contributed by atoms with E-state index in [-0.39, 0.29) is 29.3 Å². The third-order valence-electron chi connectivity index (χ3n) is 4.01. The van der Waals surface area contributed by atoms with Gasteiger partial charge in [0, 0.05) is 19.8 Å². The van der Waals surface area contributed by atoms with Crippen LogP contribution in [-0.4, -0.2) is 84.7 Å². The molecular weight excluding hydrogens is 386 g/mol. The molecule has 0 aromatic heterocycles. The van der Waals surface area contributed by atoms with Gasteiger partial charge in [-0.25, -0.2) is 4.79 Å². The van der Waals surface area contributed by atoms with Crippen molar-refractivity contribution in [3.8, 4) is 0 Å². The van der Waals surface area contributed by atoms with E-state index >= 15 is 0 Å². The lowest BCUT2D eigenvalue weighted by atomic mass is 10.1. The predicted octanol–water partition coefficient (Wildman–Crippen LogP) is -0.238. The van der Waals surface area contributed by atoms with Crippen LogP contribution in [0.5, 0.6) is 0 Å². The summed E-state index contributed by atoms with van der Waals surface area (Å²) in [6, 6.07) is 5.15. The van der Waals surface area contributed by atoms with Crippen LogP contribution >= 0.6 is 11.8 Å². The van der Waals surface area contributed by atoms with Gasteiger partial charge in [0.1, 0.15) is 6.04 Å². The number of amides is 4. The third-order valence-corrected chi connectivity index (χ3v) is 4.66. The minimum Gasteiger partial charge on any atom is -0.454 e. The Morgan fingerprint density at radius 3 is 2.21 bits per heavy atom. The number of nitrogens with zero attached hydrogens (tertiary/aromatic N) is 2. The summed E-state index contributed by atoms with van der Waals surface area (Å²) in [5.41, 5.74) is 0.456. The first-order valence-corrected chi connectivity index (χ1v) is 9.76. The van der Waals surface area contributed by atoms with Crippen molar-refractivity contribution in [3.63, 3.8) is 0 Å². The van der Waals surface area contributed by atoms with Gasteiger partial charge >= 0.3 is 5.97 Å². The summed E-state index contributed by atoms with van der Waals surface area (Å²) in [4.78, 5) is 63.0. The maximum Gasteiger partial charge on any atom is 0.330 e. The van der Waals surface area contributed by atoms with E-state index in [0.29, 0.717) is 0 Å². The van der Waals surface area contributed by atoms with Gasteiger partial charge in [-0.2, -0.15) is 11.8 Å². The second-order valence-corrected chi connectivity index (χ2v) is 7.08. The van der Waals surface area contributed by atoms with Crippen molar-refractivity contribution in [2.24, 2.45) is 0 Å². The first kappa shape index (κ1) is 21.4. The highest BCUT2D eigenvalue weighted by atomic mass is 32.2. The molecule has 150 valence electrons. The Kier molecular flexibility index (Phi) is 7.16. The van der Waals surface area contributed by atoms with E-state index in [1.165, 1.54) is 28.8 Å². The van der Waals surface area contributed by atoms with E-state index in [2.05, 4.69) is 5.32 Å². The van der Waals surface area contributed by atoms with E-state index in [1.807, 2.05) is 0 Å². The SMILES string of the molecule is CSC[C@H](C(=O)OCC(=O)NCC(=O)N(C)C)N1C(=O)c2ccccc2C1=O. The number of hydrogen-bond acceptors (Lipinski definition) is 7. The average molecular weight is 407 g/mol. The molecule has 1 atom stereocenters. The van der Waals surface area contributed by atoms with Crippen LogP contribution in [-0.2, 0) is 19.1 Å². The van der Waals surface area contributed by atoms with Crippen LogP contribution in [0.15, 0.2) is 24.3 Å². The largest absolute Gasteiger partial charge is 0.454 e. The fourth-order valence-corrected chi connectivity index (χ4v) is 3.11. The molecule has 0 unspecified atom stereocenters. The van der Waals surface area contributed by atoms with Gasteiger partial charge in [-0.3, -0.25) is 24.1 Å². The van der Waals surface area contributed by atoms with Gasteiger partial charge in [0.2, 0.25) is 5.91 Å². The van der Waals surface area contributed by atoms with Gasteiger partial charge in [0.25, 0.3) is 17.7 Å². The van der Waals surface area contributed by atoms with Gasteiger partial charge in [-0.05, 0) is 18.4 Å². The smallest absolute Gasteiger partial charge is 0.330 e. The topological polar surface area (TPSA) is 113 Å². The van der Waals surface area contributed by atoms with Gasteiger partial charge in [-0.15, -0.1) is 0 Å². The Hall–Kier alpha value is -2.88. The molecule has 1 aliphatic rings. The first-order chi connectivity index (χ1) is 13.3. The second kappa shape index (κ2) is 9.36. The standard InChI is InChI=1S/C18H21N3O6S/c1-20(2)15(23)8-19-14(22)9-27-18(26)13(10-28-3)21-16(24)11-6-4-5-7-12(11)17(21)25/h4-7,13H,8-10H2,1-3H3,(H,19,22)/t13-/m1/s1. The zero-order valence-corrected chi connectivity index (χ0v) is 16.6. The Labute approximate surface area is 166 Å². The van der Waals surface area contributed by atoms with Gasteiger partial charge in [0.15, 0.2) is 6.61 Å². The Morgan fingerprint density at radius 2 is 1.71 bits per heavy atom. The lowest BCUT2D eigenvalue weighted by Gasteiger charge is -2.23. The van der Waals surface area contributed by atoms with Crippen LogP contribution in [0.25, 0.3) is 0 Å². The molecule has 28 heavy (non-hydrogen) atoms. The number of carbonyl (C=O) groups excluding carboxylic acids is 5. The molecule has 1 aromatic carbocycles. The Balaban J connectivity index is 2.01. The number of rotatable bonds is 8. The van der Waals surface area contributed by atoms with Gasteiger partial charge in [0.05, 0.1) is 17.7 Å². The van der Waals surface area contributed by atoms with E-state index in [9.17, 15) is 24.0 Å². The lowest BCUT2D eigenvalue weighted by Crippen LogP contribution is -2.48. The van der Waals surface area contributed by atoms with E-state index in [1.54, 1.807) is 32.5 Å². The minimum atomic E-state index is -1.15. The van der Waals surface area contributed by atoms with Crippen LogP contribution in [0, 0.1) is 0 Å². The van der Waals surface area contributed by atoms with Crippen molar-refractivity contribution in [1.82, 2.24) is 15.1 Å². The number of likely N-dealkylation sites (N-methyl/N-ethyl adjacent to an activating group) is 1. The zero-order valence-electron chi connectivity index (χ0n) is 15.8. The summed E-state index contributed by atoms with van der Waals surface area (Å²) in [6.45, 7) is -0.844. The molecule has 0 fully saturated rings. The lowest BCUT2D eigenvalue weighted by molar-refractivity contribution is -0.151. The van der Waals surface area contributed by atoms with E-state index in [4.69, 9.17) is 4.74 Å². The molecular formula is C18H21N3O6S. The number of hydrogen-bond donors (Lipinski definition) is 1. The van der Waals surface area contributed by atoms with Gasteiger partial charge < -0.3 is 15.0 Å². The van der Waals surface area contributed by atoms with E-state index in [0.717, 1.165) is 4.90 Å². The van der Waals surface area contributed by atoms with Crippen molar-refractivity contribution in [1.29, 1.82) is 0 Å². The maximum atomic E-state index is 12.6. The molecule has 0 saturated carbocycles. The summed E-state index contributed by atoms with van der Waals surface area (Å²) in [5, 5.41) is 2.33. The van der Waals surface area contributed by atoms with Crippen LogP contribution in [0.2, 0.25) is 0 Å². The number of benzene rings is 1. The van der Waals surface area contributed by atoms with Crippen LogP contribution in [0.3, 0.4) is 0 Å². The molecule has 0 aliphatic carbocycles. The molecule has 1 aliphatic heterocycles. The molecule has 10 heteroatoms. The monoisotopic (exact) mass is 407 g/mol. The summed E-state index contributed by atoms with van der Waals surface area (Å²) in [7, 11) is 3.09. The third kappa shape index (κ3) is 4.69. The average Bonchev–Trinajstić information content (AvgIpc) is 2.93. The van der Waals surface area contributed by atoms with Crippen molar-refractivity contribution in [2.75, 3.05) is 39.3 Å². The Morgan fingerprint density at radius 1 is 1.14 bits per heavy atom. The number of imide groups is 1. The summed E-state index contributed by atoms with van der Waals surface area (Å²) < 4.78 is 4.98. The van der Waals surface area contributed by atoms with Crippen molar-refractivity contribution in [2.45, 2.75) is 6.04 Å². The van der Waals surface area contributed by atoms with Crippen molar-refractivity contribution < 1.29 is 28.7 Å². The van der Waals surface area contributed by atoms with Crippen molar-refractivity contribution >= 4 is 41.4 Å². The Bertz CT molecular complexity index is 775. The number of esters is 1. The quantitative estimate of drug-likeness (QED) is 0.467. The summed E-state index contributed by atoms with van der Waals surface area (Å²) in [6.07, 6.45) is 1.72. The van der Waals surface area contributed by atoms with E-state index < -0.39 is 36.3 Å². The second-order valence-electron chi connectivity index (χ2n) is 6.17. The molecule has 1 N–H and O–H groups in total. The first-order valence-electron chi connectivity index (χ1n) is 8.37. The van der Waals surface area contributed by atoms with Crippen LogP contribution in [0.1, 0.15) is 20.7 Å². The predicted molar refractivity (Wildman–Crippen MR) is 102 cm³/mol. The zero-order chi connectivity index (χ0) is 20.8. The normalized spacial score (nSPS) is 13.8. The molecule has 1 aromatic rings. The molecule has 1 heterocycles. The fraction of sp³-hybridized carbons (Fsp3) is 0.389. The maximum absolute atomic E-state index is 12.6. The highest BCUT2D eigenvalue weighted by Gasteiger charge is 2.43. The van der Waals surface area contributed by atoms with Gasteiger partial charge in [-0.1, -0.05) is 12.1 Å². The fourth-order valence-electron chi connectivity index (χ4n) is 2.51. The number of thioether (sulfide) groups is 1. The highest BCUT2D eigenvalue weighted by molar-refractivity contribution is 7.98. The molecule has 0 bridgehead atoms. The molecule has 4 amide bonds. The van der Waals surface area contributed by atoms with Crippen molar-refractivity contribution in [3.05, 3.63) is 35.4 Å². The highest BCUT2D eigenvalue weighted by Crippen LogP contribution is 2.26. The summed E-state index contributed by atoms with van der Waals surface area (Å²) >= 11 is 1.26.